The summed E-state index contributed by atoms with van der Waals surface area (Å²) in [6.07, 6.45) is 2.70. The van der Waals surface area contributed by atoms with Crippen molar-refractivity contribution in [3.05, 3.63) is 36.3 Å². The van der Waals surface area contributed by atoms with Gasteiger partial charge in [0.1, 0.15) is 10.7 Å². The number of carbonyl (C=O) groups is 1. The Kier molecular flexibility index (Phi) is 5.01. The monoisotopic (exact) mass is 365 g/mol. The van der Waals surface area contributed by atoms with Crippen LogP contribution in [0.5, 0.6) is 0 Å². The molecule has 1 N–H and O–H groups in total. The van der Waals surface area contributed by atoms with Gasteiger partial charge in [-0.1, -0.05) is 0 Å². The Morgan fingerprint density at radius 3 is 2.72 bits per heavy atom. The van der Waals surface area contributed by atoms with Gasteiger partial charge in [-0.15, -0.1) is 0 Å². The topological polar surface area (TPSA) is 79.4 Å². The molecule has 0 atom stereocenters. The summed E-state index contributed by atoms with van der Waals surface area (Å²) in [5.74, 6) is -0.230. The SMILES string of the molecule is CC(=O)NCC1CCN(S(=O)(=O)c2cnc3ccc(F)cc3c2)CC1. The van der Waals surface area contributed by atoms with Gasteiger partial charge in [0.2, 0.25) is 15.9 Å². The molecule has 25 heavy (non-hydrogen) atoms. The van der Waals surface area contributed by atoms with Crippen molar-refractivity contribution in [2.24, 2.45) is 5.92 Å². The first-order chi connectivity index (χ1) is 11.9. The summed E-state index contributed by atoms with van der Waals surface area (Å²) in [7, 11) is -3.66. The molecule has 3 rings (SSSR count). The van der Waals surface area contributed by atoms with Gasteiger partial charge in [0.25, 0.3) is 0 Å². The van der Waals surface area contributed by atoms with Gasteiger partial charge in [0.15, 0.2) is 0 Å². The zero-order chi connectivity index (χ0) is 18.0. The van der Waals surface area contributed by atoms with E-state index in [9.17, 15) is 17.6 Å². The van der Waals surface area contributed by atoms with Gasteiger partial charge in [0.05, 0.1) is 5.52 Å². The van der Waals surface area contributed by atoms with Crippen LogP contribution in [0.15, 0.2) is 35.4 Å². The first-order valence-corrected chi connectivity index (χ1v) is 9.60. The molecule has 0 spiro atoms. The molecule has 1 aromatic heterocycles. The third-order valence-electron chi connectivity index (χ3n) is 4.47. The second-order valence-corrected chi connectivity index (χ2v) is 8.23. The van der Waals surface area contributed by atoms with Gasteiger partial charge in [-0.3, -0.25) is 9.78 Å². The number of piperidine rings is 1. The molecule has 1 fully saturated rings. The molecule has 2 aromatic rings. The maximum atomic E-state index is 13.4. The first kappa shape index (κ1) is 17.8. The highest BCUT2D eigenvalue weighted by molar-refractivity contribution is 7.89. The summed E-state index contributed by atoms with van der Waals surface area (Å²) in [4.78, 5) is 15.2. The standard InChI is InChI=1S/C17H20FN3O3S/c1-12(22)19-10-13-4-6-21(7-5-13)25(23,24)16-9-14-8-15(18)2-3-17(14)20-11-16/h2-3,8-9,11,13H,4-7,10H2,1H3,(H,19,22). The van der Waals surface area contributed by atoms with Crippen LogP contribution in [0.25, 0.3) is 10.9 Å². The number of nitrogens with one attached hydrogen (secondary N) is 1. The Morgan fingerprint density at radius 2 is 2.04 bits per heavy atom. The van der Waals surface area contributed by atoms with Crippen LogP contribution in [0.1, 0.15) is 19.8 Å². The van der Waals surface area contributed by atoms with E-state index in [1.54, 1.807) is 0 Å². The fourth-order valence-corrected chi connectivity index (χ4v) is 4.47. The Bertz CT molecular complexity index is 893. The molecule has 1 aliphatic heterocycles. The molecular weight excluding hydrogens is 345 g/mol. The zero-order valence-corrected chi connectivity index (χ0v) is 14.7. The second-order valence-electron chi connectivity index (χ2n) is 6.29. The van der Waals surface area contributed by atoms with Crippen LogP contribution in [0.2, 0.25) is 0 Å². The highest BCUT2D eigenvalue weighted by Gasteiger charge is 2.29. The average Bonchev–Trinajstić information content (AvgIpc) is 2.59. The van der Waals surface area contributed by atoms with Gasteiger partial charge in [0, 0.05) is 38.1 Å². The number of rotatable bonds is 4. The number of aromatic nitrogens is 1. The molecule has 2 heterocycles. The Hall–Kier alpha value is -2.06. The van der Waals surface area contributed by atoms with E-state index in [-0.39, 0.29) is 16.7 Å². The van der Waals surface area contributed by atoms with Gasteiger partial charge in [-0.05, 0) is 43.0 Å². The van der Waals surface area contributed by atoms with Crippen molar-refractivity contribution in [3.8, 4) is 0 Å². The molecule has 0 unspecified atom stereocenters. The zero-order valence-electron chi connectivity index (χ0n) is 13.9. The number of carbonyl (C=O) groups excluding carboxylic acids is 1. The highest BCUT2D eigenvalue weighted by Crippen LogP contribution is 2.25. The van der Waals surface area contributed by atoms with Crippen molar-refractivity contribution in [2.75, 3.05) is 19.6 Å². The number of halogens is 1. The smallest absolute Gasteiger partial charge is 0.244 e. The first-order valence-electron chi connectivity index (χ1n) is 8.16. The third-order valence-corrected chi connectivity index (χ3v) is 6.33. The fourth-order valence-electron chi connectivity index (χ4n) is 3.01. The number of benzene rings is 1. The minimum absolute atomic E-state index is 0.0749. The summed E-state index contributed by atoms with van der Waals surface area (Å²) in [5, 5.41) is 3.23. The Morgan fingerprint density at radius 1 is 1.32 bits per heavy atom. The molecule has 8 heteroatoms. The van der Waals surface area contributed by atoms with E-state index >= 15 is 0 Å². The number of nitrogens with zero attached hydrogens (tertiary/aromatic N) is 2. The maximum Gasteiger partial charge on any atom is 0.244 e. The lowest BCUT2D eigenvalue weighted by Crippen LogP contribution is -2.41. The van der Waals surface area contributed by atoms with Crippen LogP contribution in [-0.2, 0) is 14.8 Å². The molecule has 134 valence electrons. The number of amides is 1. The minimum Gasteiger partial charge on any atom is -0.356 e. The van der Waals surface area contributed by atoms with Crippen molar-refractivity contribution >= 4 is 26.8 Å². The summed E-state index contributed by atoms with van der Waals surface area (Å²) < 4.78 is 40.4. The predicted molar refractivity (Wildman–Crippen MR) is 91.9 cm³/mol. The van der Waals surface area contributed by atoms with E-state index in [0.29, 0.717) is 43.4 Å². The van der Waals surface area contributed by atoms with Crippen LogP contribution in [0.4, 0.5) is 4.39 Å². The fraction of sp³-hybridized carbons (Fsp3) is 0.412. The Balaban J connectivity index is 1.75. The molecule has 0 bridgehead atoms. The van der Waals surface area contributed by atoms with Crippen molar-refractivity contribution in [2.45, 2.75) is 24.7 Å². The van der Waals surface area contributed by atoms with Gasteiger partial charge < -0.3 is 5.32 Å². The van der Waals surface area contributed by atoms with E-state index in [0.717, 1.165) is 0 Å². The molecule has 0 aliphatic carbocycles. The summed E-state index contributed by atoms with van der Waals surface area (Å²) in [6, 6.07) is 5.56. The number of sulfonamides is 1. The summed E-state index contributed by atoms with van der Waals surface area (Å²) >= 11 is 0. The molecule has 0 radical (unpaired) electrons. The molecule has 1 aromatic carbocycles. The number of pyridine rings is 1. The maximum absolute atomic E-state index is 13.4. The minimum atomic E-state index is -3.66. The largest absolute Gasteiger partial charge is 0.356 e. The van der Waals surface area contributed by atoms with E-state index in [2.05, 4.69) is 10.3 Å². The molecule has 0 saturated carbocycles. The van der Waals surface area contributed by atoms with E-state index in [1.165, 1.54) is 41.7 Å². The van der Waals surface area contributed by atoms with Crippen molar-refractivity contribution in [1.29, 1.82) is 0 Å². The van der Waals surface area contributed by atoms with Crippen LogP contribution < -0.4 is 5.32 Å². The highest BCUT2D eigenvalue weighted by atomic mass is 32.2. The lowest BCUT2D eigenvalue weighted by atomic mass is 9.98. The lowest BCUT2D eigenvalue weighted by Gasteiger charge is -2.31. The Labute approximate surface area is 146 Å². The van der Waals surface area contributed by atoms with Crippen LogP contribution >= 0.6 is 0 Å². The third kappa shape index (κ3) is 3.96. The summed E-state index contributed by atoms with van der Waals surface area (Å²) in [5.41, 5.74) is 0.550. The van der Waals surface area contributed by atoms with Crippen LogP contribution in [0, 0.1) is 11.7 Å². The number of hydrogen-bond acceptors (Lipinski definition) is 4. The lowest BCUT2D eigenvalue weighted by molar-refractivity contribution is -0.119. The summed E-state index contributed by atoms with van der Waals surface area (Å²) in [6.45, 7) is 2.83. The van der Waals surface area contributed by atoms with Crippen molar-refractivity contribution < 1.29 is 17.6 Å². The van der Waals surface area contributed by atoms with Crippen LogP contribution in [0.3, 0.4) is 0 Å². The molecule has 1 aliphatic rings. The molecule has 6 nitrogen and oxygen atoms in total. The molecule has 1 amide bonds. The molecular formula is C17H20FN3O3S. The number of fused-ring (bicyclic) bond motifs is 1. The normalized spacial score (nSPS) is 16.9. The predicted octanol–water partition coefficient (Wildman–Crippen LogP) is 1.91. The number of hydrogen-bond donors (Lipinski definition) is 1. The van der Waals surface area contributed by atoms with E-state index < -0.39 is 15.8 Å². The van der Waals surface area contributed by atoms with Crippen LogP contribution in [-0.4, -0.2) is 43.2 Å². The van der Waals surface area contributed by atoms with Gasteiger partial charge in [-0.25, -0.2) is 12.8 Å². The van der Waals surface area contributed by atoms with E-state index in [4.69, 9.17) is 0 Å². The van der Waals surface area contributed by atoms with Gasteiger partial charge >= 0.3 is 0 Å². The van der Waals surface area contributed by atoms with E-state index in [1.807, 2.05) is 0 Å². The van der Waals surface area contributed by atoms with Crippen molar-refractivity contribution in [1.82, 2.24) is 14.6 Å². The van der Waals surface area contributed by atoms with Gasteiger partial charge in [-0.2, -0.15) is 4.31 Å². The second kappa shape index (κ2) is 7.05. The molecule has 1 saturated heterocycles. The van der Waals surface area contributed by atoms with Crippen molar-refractivity contribution in [3.63, 3.8) is 0 Å². The average molecular weight is 365 g/mol. The quantitative estimate of drug-likeness (QED) is 0.898.